The van der Waals surface area contributed by atoms with Crippen LogP contribution < -0.4 is 5.56 Å². The Morgan fingerprint density at radius 1 is 0.968 bits per heavy atom. The highest BCUT2D eigenvalue weighted by Gasteiger charge is 2.39. The number of nitrogens with zero attached hydrogens (tertiary/aromatic N) is 3. The molecule has 3 heterocycles. The zero-order valence-corrected chi connectivity index (χ0v) is 18.2. The second kappa shape index (κ2) is 8.73. The Morgan fingerprint density at radius 2 is 1.68 bits per heavy atom. The van der Waals surface area contributed by atoms with Crippen molar-refractivity contribution in [1.82, 2.24) is 14.5 Å². The molecule has 166 valence electrons. The summed E-state index contributed by atoms with van der Waals surface area (Å²) in [5, 5.41) is 9.56. The summed E-state index contributed by atoms with van der Waals surface area (Å²) in [6.45, 7) is 1.18. The van der Waals surface area contributed by atoms with E-state index in [4.69, 9.17) is 0 Å². The van der Waals surface area contributed by atoms with Crippen molar-refractivity contribution in [3.63, 3.8) is 0 Å². The Bertz CT molecular complexity index is 997. The number of carboxylic acids is 1. The Labute approximate surface area is 183 Å². The molecule has 1 aromatic heterocycles. The van der Waals surface area contributed by atoms with E-state index in [1.54, 1.807) is 10.6 Å². The topological polar surface area (TPSA) is 75.4 Å². The number of benzene rings is 1. The van der Waals surface area contributed by atoms with Gasteiger partial charge in [0.05, 0.1) is 11.0 Å². The number of aromatic nitrogens is 2. The first-order chi connectivity index (χ1) is 15.1. The quantitative estimate of drug-likeness (QED) is 0.759. The third-order valence-electron chi connectivity index (χ3n) is 7.98. The van der Waals surface area contributed by atoms with Gasteiger partial charge in [0.25, 0.3) is 5.56 Å². The molecule has 2 bridgehead atoms. The molecular formula is C25H33N3O3. The van der Waals surface area contributed by atoms with E-state index in [0.717, 1.165) is 24.3 Å². The van der Waals surface area contributed by atoms with Gasteiger partial charge in [-0.3, -0.25) is 9.69 Å². The second-order valence-corrected chi connectivity index (χ2v) is 9.82. The van der Waals surface area contributed by atoms with Gasteiger partial charge in [-0.25, -0.2) is 9.78 Å². The average molecular weight is 424 g/mol. The minimum Gasteiger partial charge on any atom is -0.476 e. The van der Waals surface area contributed by atoms with Gasteiger partial charge in [-0.2, -0.15) is 0 Å². The summed E-state index contributed by atoms with van der Waals surface area (Å²) in [5.74, 6) is -0.355. The molecule has 1 saturated carbocycles. The van der Waals surface area contributed by atoms with Crippen LogP contribution in [0.4, 0.5) is 0 Å². The molecule has 0 amide bonds. The highest BCUT2D eigenvalue weighted by molar-refractivity contribution is 5.88. The molecule has 0 radical (unpaired) electrons. The van der Waals surface area contributed by atoms with Crippen molar-refractivity contribution in [3.8, 4) is 0 Å². The summed E-state index contributed by atoms with van der Waals surface area (Å²) in [4.78, 5) is 31.8. The monoisotopic (exact) mass is 423 g/mol. The lowest BCUT2D eigenvalue weighted by atomic mass is 9.80. The number of hydrogen-bond donors (Lipinski definition) is 1. The maximum absolute atomic E-state index is 13.2. The van der Waals surface area contributed by atoms with Crippen molar-refractivity contribution < 1.29 is 9.90 Å². The largest absolute Gasteiger partial charge is 0.476 e. The number of carbonyl (C=O) groups is 1. The summed E-state index contributed by atoms with van der Waals surface area (Å²) in [6.07, 6.45) is 13.7. The van der Waals surface area contributed by atoms with Gasteiger partial charge < -0.3 is 9.67 Å². The van der Waals surface area contributed by atoms with Crippen molar-refractivity contribution in [1.29, 1.82) is 0 Å². The predicted molar refractivity (Wildman–Crippen MR) is 121 cm³/mol. The van der Waals surface area contributed by atoms with E-state index >= 15 is 0 Å². The van der Waals surface area contributed by atoms with Crippen LogP contribution in [0, 0.1) is 5.92 Å². The minimum absolute atomic E-state index is 0.0414. The standard InChI is InChI=1S/C25H33N3O3/c29-24-23(25(30)31)26-21-11-4-5-12-22(21)28(24)20-15-18-9-6-10-19(16-20)27(18)14-13-17-7-2-1-3-8-17/h4-5,11-12,17-20H,1-3,6-10,13-16H2,(H,30,31)/t18-,19+,20+. The molecule has 0 unspecified atom stereocenters. The van der Waals surface area contributed by atoms with Gasteiger partial charge in [-0.05, 0) is 56.7 Å². The minimum atomic E-state index is -1.24. The van der Waals surface area contributed by atoms with Crippen LogP contribution in [0.1, 0.15) is 87.2 Å². The summed E-state index contributed by atoms with van der Waals surface area (Å²) in [5.41, 5.74) is 0.536. The molecule has 6 heteroatoms. The number of piperidine rings is 2. The highest BCUT2D eigenvalue weighted by atomic mass is 16.4. The van der Waals surface area contributed by atoms with Crippen molar-refractivity contribution >= 4 is 17.0 Å². The van der Waals surface area contributed by atoms with Crippen LogP contribution in [-0.2, 0) is 0 Å². The molecule has 5 rings (SSSR count). The molecule has 3 atom stereocenters. The Kier molecular flexibility index (Phi) is 5.83. The Morgan fingerprint density at radius 3 is 2.39 bits per heavy atom. The van der Waals surface area contributed by atoms with Gasteiger partial charge in [-0.1, -0.05) is 50.7 Å². The fourth-order valence-electron chi connectivity index (χ4n) is 6.49. The van der Waals surface area contributed by atoms with E-state index in [-0.39, 0.29) is 11.7 Å². The molecule has 3 aliphatic rings. The average Bonchev–Trinajstić information content (AvgIpc) is 2.77. The van der Waals surface area contributed by atoms with Crippen molar-refractivity contribution in [2.24, 2.45) is 5.92 Å². The number of aromatic carboxylic acids is 1. The van der Waals surface area contributed by atoms with E-state index in [0.29, 0.717) is 17.6 Å². The van der Waals surface area contributed by atoms with E-state index in [2.05, 4.69) is 9.88 Å². The van der Waals surface area contributed by atoms with Crippen LogP contribution in [0.15, 0.2) is 29.1 Å². The van der Waals surface area contributed by atoms with Crippen LogP contribution in [0.2, 0.25) is 0 Å². The van der Waals surface area contributed by atoms with Crippen molar-refractivity contribution in [3.05, 3.63) is 40.3 Å². The molecule has 31 heavy (non-hydrogen) atoms. The molecule has 1 aliphatic carbocycles. The van der Waals surface area contributed by atoms with E-state index in [1.807, 2.05) is 18.2 Å². The van der Waals surface area contributed by atoms with Crippen molar-refractivity contribution in [2.45, 2.75) is 88.8 Å². The third kappa shape index (κ3) is 4.02. The van der Waals surface area contributed by atoms with Gasteiger partial charge in [-0.15, -0.1) is 0 Å². The normalized spacial score (nSPS) is 27.4. The first-order valence-corrected chi connectivity index (χ1v) is 12.1. The number of rotatable bonds is 5. The molecular weight excluding hydrogens is 390 g/mol. The molecule has 2 aliphatic heterocycles. The van der Waals surface area contributed by atoms with E-state index in [1.165, 1.54) is 64.3 Å². The summed E-state index contributed by atoms with van der Waals surface area (Å²) < 4.78 is 1.76. The fourth-order valence-corrected chi connectivity index (χ4v) is 6.49. The molecule has 2 saturated heterocycles. The lowest BCUT2D eigenvalue weighted by Crippen LogP contribution is -2.53. The Hall–Kier alpha value is -2.21. The molecule has 2 aromatic rings. The summed E-state index contributed by atoms with van der Waals surface area (Å²) in [7, 11) is 0. The number of fused-ring (bicyclic) bond motifs is 3. The maximum Gasteiger partial charge on any atom is 0.360 e. The molecule has 3 fully saturated rings. The van der Waals surface area contributed by atoms with Crippen LogP contribution in [0.3, 0.4) is 0 Å². The van der Waals surface area contributed by atoms with Crippen LogP contribution in [-0.4, -0.2) is 44.2 Å². The second-order valence-electron chi connectivity index (χ2n) is 9.82. The van der Waals surface area contributed by atoms with Crippen LogP contribution >= 0.6 is 0 Å². The first-order valence-electron chi connectivity index (χ1n) is 12.1. The van der Waals surface area contributed by atoms with Crippen molar-refractivity contribution in [2.75, 3.05) is 6.54 Å². The van der Waals surface area contributed by atoms with Crippen LogP contribution in [0.5, 0.6) is 0 Å². The number of para-hydroxylation sites is 2. The molecule has 1 aromatic carbocycles. The molecule has 0 spiro atoms. The predicted octanol–water partition coefficient (Wildman–Crippen LogP) is 4.62. The zero-order chi connectivity index (χ0) is 21.4. The lowest BCUT2D eigenvalue weighted by molar-refractivity contribution is 0.0118. The van der Waals surface area contributed by atoms with Gasteiger partial charge in [0.1, 0.15) is 0 Å². The lowest BCUT2D eigenvalue weighted by Gasteiger charge is -2.49. The Balaban J connectivity index is 1.42. The smallest absolute Gasteiger partial charge is 0.360 e. The summed E-state index contributed by atoms with van der Waals surface area (Å²) >= 11 is 0. The van der Waals surface area contributed by atoms with Gasteiger partial charge in [0.2, 0.25) is 5.69 Å². The highest BCUT2D eigenvalue weighted by Crippen LogP contribution is 2.40. The van der Waals surface area contributed by atoms with Gasteiger partial charge in [0, 0.05) is 18.1 Å². The first kappa shape index (κ1) is 20.7. The van der Waals surface area contributed by atoms with Gasteiger partial charge >= 0.3 is 5.97 Å². The number of carboxylic acid groups (broad SMARTS) is 1. The SMILES string of the molecule is O=C(O)c1nc2ccccc2n([C@H]2C[C@H]3CCC[C@@H](C2)N3CCC2CCCCC2)c1=O. The number of hydrogen-bond acceptors (Lipinski definition) is 4. The summed E-state index contributed by atoms with van der Waals surface area (Å²) in [6, 6.07) is 8.48. The zero-order valence-electron chi connectivity index (χ0n) is 18.2. The van der Waals surface area contributed by atoms with E-state index < -0.39 is 11.5 Å². The van der Waals surface area contributed by atoms with Gasteiger partial charge in [0.15, 0.2) is 0 Å². The third-order valence-corrected chi connectivity index (χ3v) is 7.98. The molecule has 6 nitrogen and oxygen atoms in total. The molecule has 1 N–H and O–H groups in total. The van der Waals surface area contributed by atoms with Crippen LogP contribution in [0.25, 0.3) is 11.0 Å². The fraction of sp³-hybridized carbons (Fsp3) is 0.640. The maximum atomic E-state index is 13.2. The van der Waals surface area contributed by atoms with E-state index in [9.17, 15) is 14.7 Å².